The van der Waals surface area contributed by atoms with E-state index in [9.17, 15) is 4.39 Å². The van der Waals surface area contributed by atoms with Crippen LogP contribution in [0, 0.1) is 12.7 Å². The van der Waals surface area contributed by atoms with E-state index in [2.05, 4.69) is 5.32 Å². The predicted octanol–water partition coefficient (Wildman–Crippen LogP) is 3.44. The third-order valence-electron chi connectivity index (χ3n) is 2.88. The maximum Gasteiger partial charge on any atom is 0.128 e. The molecule has 2 rings (SSSR count). The first kappa shape index (κ1) is 11.8. The molecule has 1 unspecified atom stereocenters. The van der Waals surface area contributed by atoms with Crippen LogP contribution in [0.15, 0.2) is 48.5 Å². The summed E-state index contributed by atoms with van der Waals surface area (Å²) in [6.45, 7) is 1.97. The zero-order valence-corrected chi connectivity index (χ0v) is 10.1. The van der Waals surface area contributed by atoms with Gasteiger partial charge in [-0.3, -0.25) is 0 Å². The summed E-state index contributed by atoms with van der Waals surface area (Å²) in [6.07, 6.45) is 0. The number of halogens is 1. The van der Waals surface area contributed by atoms with Crippen LogP contribution in [0.25, 0.3) is 0 Å². The number of nitrogens with one attached hydrogen (secondary N) is 1. The molecule has 0 aliphatic heterocycles. The van der Waals surface area contributed by atoms with Crippen molar-refractivity contribution in [1.82, 2.24) is 5.32 Å². The second-order valence-corrected chi connectivity index (χ2v) is 4.16. The summed E-state index contributed by atoms with van der Waals surface area (Å²) in [5.41, 5.74) is 2.83. The zero-order chi connectivity index (χ0) is 12.3. The maximum absolute atomic E-state index is 13.9. The molecule has 0 aliphatic rings. The lowest BCUT2D eigenvalue weighted by atomic mass is 9.97. The molecule has 2 aromatic carbocycles. The summed E-state index contributed by atoms with van der Waals surface area (Å²) in [5.74, 6) is -0.168. The highest BCUT2D eigenvalue weighted by molar-refractivity contribution is 5.34. The Hall–Kier alpha value is -1.67. The van der Waals surface area contributed by atoms with Gasteiger partial charge in [-0.2, -0.15) is 0 Å². The van der Waals surface area contributed by atoms with Gasteiger partial charge in [0.15, 0.2) is 0 Å². The van der Waals surface area contributed by atoms with Crippen molar-refractivity contribution >= 4 is 0 Å². The molecule has 0 spiro atoms. The number of hydrogen-bond donors (Lipinski definition) is 1. The fourth-order valence-electron chi connectivity index (χ4n) is 2.03. The molecule has 0 radical (unpaired) electrons. The highest BCUT2D eigenvalue weighted by Crippen LogP contribution is 2.24. The Bertz CT molecular complexity index is 494. The molecule has 1 nitrogen and oxygen atoms in total. The minimum atomic E-state index is -0.168. The van der Waals surface area contributed by atoms with Crippen LogP contribution in [0.1, 0.15) is 22.7 Å². The molecular weight excluding hydrogens is 213 g/mol. The molecule has 1 N–H and O–H groups in total. The van der Waals surface area contributed by atoms with Crippen LogP contribution in [0.4, 0.5) is 4.39 Å². The van der Waals surface area contributed by atoms with E-state index in [4.69, 9.17) is 0 Å². The van der Waals surface area contributed by atoms with Crippen molar-refractivity contribution in [2.75, 3.05) is 7.05 Å². The molecule has 0 aliphatic carbocycles. The van der Waals surface area contributed by atoms with E-state index < -0.39 is 0 Å². The Morgan fingerprint density at radius 2 is 1.76 bits per heavy atom. The van der Waals surface area contributed by atoms with Gasteiger partial charge in [0.25, 0.3) is 0 Å². The van der Waals surface area contributed by atoms with Gasteiger partial charge < -0.3 is 5.32 Å². The number of hydrogen-bond acceptors (Lipinski definition) is 1. The first-order chi connectivity index (χ1) is 8.22. The van der Waals surface area contributed by atoms with Crippen molar-refractivity contribution in [2.24, 2.45) is 0 Å². The summed E-state index contributed by atoms with van der Waals surface area (Å²) in [6, 6.07) is 15.0. The third-order valence-corrected chi connectivity index (χ3v) is 2.88. The fraction of sp³-hybridized carbons (Fsp3) is 0.200. The lowest BCUT2D eigenvalue weighted by molar-refractivity contribution is 0.575. The summed E-state index contributed by atoms with van der Waals surface area (Å²) >= 11 is 0. The highest BCUT2D eigenvalue weighted by Gasteiger charge is 2.15. The molecule has 0 saturated heterocycles. The molecule has 2 aromatic rings. The zero-order valence-electron chi connectivity index (χ0n) is 10.1. The molecule has 0 bridgehead atoms. The first-order valence-electron chi connectivity index (χ1n) is 5.70. The van der Waals surface area contributed by atoms with E-state index in [-0.39, 0.29) is 11.9 Å². The molecule has 1 atom stereocenters. The standard InChI is InChI=1S/C15H16FN/c1-11-8-9-14(16)13(10-11)15(17-2)12-6-4-3-5-7-12/h3-10,15,17H,1-2H3. The first-order valence-corrected chi connectivity index (χ1v) is 5.70. The average molecular weight is 229 g/mol. The quantitative estimate of drug-likeness (QED) is 0.850. The minimum absolute atomic E-state index is 0.101. The van der Waals surface area contributed by atoms with Crippen LogP contribution >= 0.6 is 0 Å². The van der Waals surface area contributed by atoms with Gasteiger partial charge in [-0.1, -0.05) is 48.0 Å². The Balaban J connectivity index is 2.46. The molecule has 0 amide bonds. The predicted molar refractivity (Wildman–Crippen MR) is 68.5 cm³/mol. The monoisotopic (exact) mass is 229 g/mol. The Kier molecular flexibility index (Phi) is 3.55. The van der Waals surface area contributed by atoms with Gasteiger partial charge in [0.2, 0.25) is 0 Å². The van der Waals surface area contributed by atoms with Crippen molar-refractivity contribution in [3.05, 3.63) is 71.0 Å². The second-order valence-electron chi connectivity index (χ2n) is 4.16. The summed E-state index contributed by atoms with van der Waals surface area (Å²) < 4.78 is 13.9. The number of benzene rings is 2. The molecule has 0 saturated carbocycles. The molecular formula is C15H16FN. The van der Waals surface area contributed by atoms with Crippen molar-refractivity contribution in [3.63, 3.8) is 0 Å². The summed E-state index contributed by atoms with van der Waals surface area (Å²) in [4.78, 5) is 0. The van der Waals surface area contributed by atoms with Gasteiger partial charge in [0.1, 0.15) is 5.82 Å². The van der Waals surface area contributed by atoms with Crippen LogP contribution in [0.5, 0.6) is 0 Å². The van der Waals surface area contributed by atoms with E-state index >= 15 is 0 Å². The largest absolute Gasteiger partial charge is 0.309 e. The molecule has 0 fully saturated rings. The van der Waals surface area contributed by atoms with Crippen molar-refractivity contribution in [1.29, 1.82) is 0 Å². The van der Waals surface area contributed by atoms with Crippen molar-refractivity contribution < 1.29 is 4.39 Å². The van der Waals surface area contributed by atoms with Gasteiger partial charge in [0.05, 0.1) is 6.04 Å². The van der Waals surface area contributed by atoms with E-state index in [1.807, 2.05) is 50.4 Å². The fourth-order valence-corrected chi connectivity index (χ4v) is 2.03. The Morgan fingerprint density at radius 3 is 2.41 bits per heavy atom. The van der Waals surface area contributed by atoms with E-state index in [0.717, 1.165) is 11.1 Å². The SMILES string of the molecule is CNC(c1ccccc1)c1cc(C)ccc1F. The van der Waals surface area contributed by atoms with Crippen LogP contribution < -0.4 is 5.32 Å². The molecule has 2 heteroatoms. The van der Waals surface area contributed by atoms with Gasteiger partial charge >= 0.3 is 0 Å². The van der Waals surface area contributed by atoms with E-state index in [1.54, 1.807) is 6.07 Å². The van der Waals surface area contributed by atoms with Crippen LogP contribution in [0.2, 0.25) is 0 Å². The Labute approximate surface area is 101 Å². The van der Waals surface area contributed by atoms with Gasteiger partial charge in [0, 0.05) is 5.56 Å². The molecule has 88 valence electrons. The Morgan fingerprint density at radius 1 is 1.06 bits per heavy atom. The van der Waals surface area contributed by atoms with Gasteiger partial charge in [-0.05, 0) is 25.6 Å². The summed E-state index contributed by atoms with van der Waals surface area (Å²) in [5, 5.41) is 3.16. The van der Waals surface area contributed by atoms with Gasteiger partial charge in [-0.25, -0.2) is 4.39 Å². The van der Waals surface area contributed by atoms with Crippen LogP contribution in [0.3, 0.4) is 0 Å². The second kappa shape index (κ2) is 5.11. The molecule has 17 heavy (non-hydrogen) atoms. The minimum Gasteiger partial charge on any atom is -0.309 e. The maximum atomic E-state index is 13.9. The van der Waals surface area contributed by atoms with E-state index in [1.165, 1.54) is 6.07 Å². The van der Waals surface area contributed by atoms with Crippen molar-refractivity contribution in [3.8, 4) is 0 Å². The molecule has 0 heterocycles. The molecule has 0 aromatic heterocycles. The van der Waals surface area contributed by atoms with E-state index in [0.29, 0.717) is 5.56 Å². The smallest absolute Gasteiger partial charge is 0.128 e. The topological polar surface area (TPSA) is 12.0 Å². The van der Waals surface area contributed by atoms with Gasteiger partial charge in [-0.15, -0.1) is 0 Å². The van der Waals surface area contributed by atoms with Crippen LogP contribution in [-0.2, 0) is 0 Å². The summed E-state index contributed by atoms with van der Waals surface area (Å²) in [7, 11) is 1.85. The lowest BCUT2D eigenvalue weighted by Gasteiger charge is -2.18. The number of rotatable bonds is 3. The van der Waals surface area contributed by atoms with Crippen molar-refractivity contribution in [2.45, 2.75) is 13.0 Å². The third kappa shape index (κ3) is 2.53. The average Bonchev–Trinajstić information content (AvgIpc) is 2.36. The van der Waals surface area contributed by atoms with Crippen LogP contribution in [-0.4, -0.2) is 7.05 Å². The normalized spacial score (nSPS) is 12.4. The lowest BCUT2D eigenvalue weighted by Crippen LogP contribution is -2.19. The number of aryl methyl sites for hydroxylation is 1. The highest BCUT2D eigenvalue weighted by atomic mass is 19.1.